The Morgan fingerprint density at radius 2 is 1.82 bits per heavy atom. The quantitative estimate of drug-likeness (QED) is 0.826. The molecular weight excluding hydrogens is 291 g/mol. The fourth-order valence-electron chi connectivity index (χ4n) is 1.53. The van der Waals surface area contributed by atoms with Crippen molar-refractivity contribution in [1.29, 1.82) is 0 Å². The Kier molecular flexibility index (Phi) is 6.03. The molecule has 0 saturated heterocycles. The second-order valence-electron chi connectivity index (χ2n) is 5.68. The summed E-state index contributed by atoms with van der Waals surface area (Å²) in [6, 6.07) is 5.10. The SMILES string of the molecule is CC(C)(C)NC(=O)NC(=O)COC(=O)Cc1ccccc1F. The average molecular weight is 310 g/mol. The first-order valence-electron chi connectivity index (χ1n) is 6.68. The molecule has 1 aromatic rings. The first kappa shape index (κ1) is 17.6. The Hall–Kier alpha value is -2.44. The van der Waals surface area contributed by atoms with Gasteiger partial charge in [-0.25, -0.2) is 9.18 Å². The van der Waals surface area contributed by atoms with Crippen LogP contribution in [0.2, 0.25) is 0 Å². The summed E-state index contributed by atoms with van der Waals surface area (Å²) in [5.41, 5.74) is -0.315. The van der Waals surface area contributed by atoms with Crippen LogP contribution in [0, 0.1) is 5.82 Å². The van der Waals surface area contributed by atoms with Gasteiger partial charge in [0.2, 0.25) is 0 Å². The molecular formula is C15H19FN2O4. The molecule has 0 aliphatic rings. The van der Waals surface area contributed by atoms with E-state index in [1.54, 1.807) is 26.8 Å². The number of amides is 3. The van der Waals surface area contributed by atoms with Crippen molar-refractivity contribution in [3.05, 3.63) is 35.6 Å². The summed E-state index contributed by atoms with van der Waals surface area (Å²) < 4.78 is 18.0. The molecule has 0 spiro atoms. The number of nitrogens with one attached hydrogen (secondary N) is 2. The standard InChI is InChI=1S/C15H19FN2O4/c1-15(2,3)18-14(21)17-12(19)9-22-13(20)8-10-6-4-5-7-11(10)16/h4-7H,8-9H2,1-3H3,(H2,17,18,19,21). The number of urea groups is 1. The minimum atomic E-state index is -0.761. The molecule has 0 aliphatic heterocycles. The second kappa shape index (κ2) is 7.53. The van der Waals surface area contributed by atoms with E-state index in [1.807, 2.05) is 5.32 Å². The lowest BCUT2D eigenvalue weighted by atomic mass is 10.1. The van der Waals surface area contributed by atoms with Crippen molar-refractivity contribution in [2.45, 2.75) is 32.7 Å². The predicted molar refractivity (Wildman–Crippen MR) is 77.5 cm³/mol. The molecule has 0 unspecified atom stereocenters. The molecule has 7 heteroatoms. The molecule has 0 bridgehead atoms. The number of ether oxygens (including phenoxy) is 1. The van der Waals surface area contributed by atoms with Crippen LogP contribution in [0.3, 0.4) is 0 Å². The fourth-order valence-corrected chi connectivity index (χ4v) is 1.53. The van der Waals surface area contributed by atoms with Crippen LogP contribution in [0.1, 0.15) is 26.3 Å². The van der Waals surface area contributed by atoms with E-state index in [4.69, 9.17) is 4.74 Å². The normalized spacial score (nSPS) is 10.7. The predicted octanol–water partition coefficient (Wildman–Crippen LogP) is 1.54. The number of esters is 1. The summed E-state index contributed by atoms with van der Waals surface area (Å²) in [7, 11) is 0. The maximum atomic E-state index is 13.3. The van der Waals surface area contributed by atoms with Crippen molar-refractivity contribution in [1.82, 2.24) is 10.6 Å². The summed E-state index contributed by atoms with van der Waals surface area (Å²) in [5.74, 6) is -2.03. The molecule has 22 heavy (non-hydrogen) atoms. The molecule has 0 aliphatic carbocycles. The Labute approximate surface area is 128 Å². The number of carbonyl (C=O) groups is 3. The van der Waals surface area contributed by atoms with E-state index in [0.717, 1.165) is 0 Å². The van der Waals surface area contributed by atoms with Gasteiger partial charge in [-0.1, -0.05) is 18.2 Å². The van der Waals surface area contributed by atoms with Gasteiger partial charge in [-0.3, -0.25) is 14.9 Å². The third-order valence-electron chi connectivity index (χ3n) is 2.40. The van der Waals surface area contributed by atoms with Gasteiger partial charge in [-0.05, 0) is 32.4 Å². The van der Waals surface area contributed by atoms with Crippen molar-refractivity contribution in [3.8, 4) is 0 Å². The number of hydrogen-bond acceptors (Lipinski definition) is 4. The second-order valence-corrected chi connectivity index (χ2v) is 5.68. The number of halogens is 1. The van der Waals surface area contributed by atoms with E-state index in [-0.39, 0.29) is 12.0 Å². The summed E-state index contributed by atoms with van der Waals surface area (Å²) >= 11 is 0. The van der Waals surface area contributed by atoms with Crippen molar-refractivity contribution < 1.29 is 23.5 Å². The Bertz CT molecular complexity index is 567. The minimum Gasteiger partial charge on any atom is -0.455 e. The number of carbonyl (C=O) groups excluding carboxylic acids is 3. The van der Waals surface area contributed by atoms with Gasteiger partial charge >= 0.3 is 12.0 Å². The Morgan fingerprint density at radius 3 is 2.41 bits per heavy atom. The maximum Gasteiger partial charge on any atom is 0.321 e. The zero-order valence-electron chi connectivity index (χ0n) is 12.7. The summed E-state index contributed by atoms with van der Waals surface area (Å²) in [6.45, 7) is 4.66. The van der Waals surface area contributed by atoms with Gasteiger partial charge in [0.1, 0.15) is 5.82 Å². The molecule has 0 fully saturated rings. The van der Waals surface area contributed by atoms with E-state index in [1.165, 1.54) is 18.2 Å². The lowest BCUT2D eigenvalue weighted by Crippen LogP contribution is -2.49. The van der Waals surface area contributed by atoms with Crippen LogP contribution in [-0.2, 0) is 20.7 Å². The van der Waals surface area contributed by atoms with Gasteiger partial charge in [0, 0.05) is 5.54 Å². The van der Waals surface area contributed by atoms with Crippen LogP contribution >= 0.6 is 0 Å². The highest BCUT2D eigenvalue weighted by atomic mass is 19.1. The van der Waals surface area contributed by atoms with E-state index >= 15 is 0 Å². The average Bonchev–Trinajstić information content (AvgIpc) is 2.37. The summed E-state index contributed by atoms with van der Waals surface area (Å²) in [4.78, 5) is 34.4. The van der Waals surface area contributed by atoms with Crippen LogP contribution < -0.4 is 10.6 Å². The highest BCUT2D eigenvalue weighted by molar-refractivity contribution is 5.95. The number of benzene rings is 1. The Morgan fingerprint density at radius 1 is 1.18 bits per heavy atom. The molecule has 0 aromatic heterocycles. The molecule has 2 N–H and O–H groups in total. The summed E-state index contributed by atoms with van der Waals surface area (Å²) in [5, 5.41) is 4.55. The number of imide groups is 1. The van der Waals surface area contributed by atoms with Crippen molar-refractivity contribution in [2.24, 2.45) is 0 Å². The Balaban J connectivity index is 2.36. The summed E-state index contributed by atoms with van der Waals surface area (Å²) in [6.07, 6.45) is -0.284. The van der Waals surface area contributed by atoms with Gasteiger partial charge < -0.3 is 10.1 Å². The van der Waals surface area contributed by atoms with E-state index in [2.05, 4.69) is 5.32 Å². The molecule has 0 saturated carbocycles. The molecule has 6 nitrogen and oxygen atoms in total. The van der Waals surface area contributed by atoms with Crippen LogP contribution in [0.15, 0.2) is 24.3 Å². The number of rotatable bonds is 4. The molecule has 0 atom stereocenters. The van der Waals surface area contributed by atoms with E-state index < -0.39 is 35.9 Å². The van der Waals surface area contributed by atoms with Gasteiger partial charge in [-0.2, -0.15) is 0 Å². The maximum absolute atomic E-state index is 13.3. The molecule has 0 heterocycles. The lowest BCUT2D eigenvalue weighted by molar-refractivity contribution is -0.147. The van der Waals surface area contributed by atoms with Crippen molar-refractivity contribution in [3.63, 3.8) is 0 Å². The molecule has 1 rings (SSSR count). The van der Waals surface area contributed by atoms with Crippen LogP contribution in [0.4, 0.5) is 9.18 Å². The van der Waals surface area contributed by atoms with Crippen LogP contribution in [0.5, 0.6) is 0 Å². The smallest absolute Gasteiger partial charge is 0.321 e. The van der Waals surface area contributed by atoms with Gasteiger partial charge in [0.15, 0.2) is 6.61 Å². The van der Waals surface area contributed by atoms with E-state index in [0.29, 0.717) is 0 Å². The topological polar surface area (TPSA) is 84.5 Å². The first-order chi connectivity index (χ1) is 10.2. The zero-order chi connectivity index (χ0) is 16.8. The monoisotopic (exact) mass is 310 g/mol. The molecule has 0 radical (unpaired) electrons. The van der Waals surface area contributed by atoms with Crippen LogP contribution in [-0.4, -0.2) is 30.1 Å². The fraction of sp³-hybridized carbons (Fsp3) is 0.400. The van der Waals surface area contributed by atoms with Gasteiger partial charge in [-0.15, -0.1) is 0 Å². The third kappa shape index (κ3) is 6.83. The third-order valence-corrected chi connectivity index (χ3v) is 2.40. The van der Waals surface area contributed by atoms with Crippen molar-refractivity contribution >= 4 is 17.9 Å². The highest BCUT2D eigenvalue weighted by Gasteiger charge is 2.17. The highest BCUT2D eigenvalue weighted by Crippen LogP contribution is 2.07. The molecule has 120 valence electrons. The molecule has 1 aromatic carbocycles. The lowest BCUT2D eigenvalue weighted by Gasteiger charge is -2.20. The number of hydrogen-bond donors (Lipinski definition) is 2. The van der Waals surface area contributed by atoms with Crippen LogP contribution in [0.25, 0.3) is 0 Å². The van der Waals surface area contributed by atoms with Gasteiger partial charge in [0.25, 0.3) is 5.91 Å². The minimum absolute atomic E-state index is 0.179. The van der Waals surface area contributed by atoms with E-state index in [9.17, 15) is 18.8 Å². The zero-order valence-corrected chi connectivity index (χ0v) is 12.7. The molecule has 3 amide bonds. The van der Waals surface area contributed by atoms with Gasteiger partial charge in [0.05, 0.1) is 6.42 Å². The largest absolute Gasteiger partial charge is 0.455 e. The first-order valence-corrected chi connectivity index (χ1v) is 6.68. The van der Waals surface area contributed by atoms with Crippen molar-refractivity contribution in [2.75, 3.05) is 6.61 Å².